The van der Waals surface area contributed by atoms with Crippen LogP contribution in [0, 0.1) is 0 Å². The van der Waals surface area contributed by atoms with Crippen LogP contribution in [-0.2, 0) is 9.13 Å². The normalized spacial score (nSPS) is 24.4. The van der Waals surface area contributed by atoms with E-state index >= 15 is 0 Å². The summed E-state index contributed by atoms with van der Waals surface area (Å²) in [6, 6.07) is 41.8. The lowest BCUT2D eigenvalue weighted by molar-refractivity contribution is 0.316. The Morgan fingerprint density at radius 1 is 0.420 bits per heavy atom. The number of hydrogen-bond donors (Lipinski definition) is 0. The van der Waals surface area contributed by atoms with Gasteiger partial charge in [-0.05, 0) is 77.4 Å². The quantitative estimate of drug-likeness (QED) is 0.100. The molecule has 0 aromatic heterocycles. The smallest absolute Gasteiger partial charge is 0.270 e. The molecule has 0 bridgehead atoms. The van der Waals surface area contributed by atoms with Gasteiger partial charge in [0.05, 0.1) is 24.2 Å². The largest absolute Gasteiger partial charge is 0.287 e. The third-order valence-corrected chi connectivity index (χ3v) is 17.5. The molecule has 4 aromatic carbocycles. The number of benzene rings is 4. The predicted octanol–water partition coefficient (Wildman–Crippen LogP) is 9.35. The van der Waals surface area contributed by atoms with Crippen LogP contribution in [-0.4, -0.2) is 83.4 Å². The molecule has 2 saturated heterocycles. The van der Waals surface area contributed by atoms with Gasteiger partial charge < -0.3 is 0 Å². The van der Waals surface area contributed by atoms with Crippen molar-refractivity contribution in [3.05, 3.63) is 144 Å². The molecule has 50 heavy (non-hydrogen) atoms. The molecule has 0 aliphatic carbocycles. The monoisotopic (exact) mass is 712 g/mol. The lowest BCUT2D eigenvalue weighted by Crippen LogP contribution is -2.29. The summed E-state index contributed by atoms with van der Waals surface area (Å²) in [6.07, 6.45) is 3.93. The van der Waals surface area contributed by atoms with Crippen LogP contribution in [0.15, 0.2) is 121 Å². The summed E-state index contributed by atoms with van der Waals surface area (Å²) in [7, 11) is 6.09. The van der Waals surface area contributed by atoms with Gasteiger partial charge in [-0.1, -0.05) is 134 Å². The molecule has 8 nitrogen and oxygen atoms in total. The van der Waals surface area contributed by atoms with E-state index in [1.165, 1.54) is 22.3 Å². The fourth-order valence-electron chi connectivity index (χ4n) is 8.36. The Balaban J connectivity index is 1.07. The zero-order valence-corrected chi connectivity index (χ0v) is 32.3. The van der Waals surface area contributed by atoms with Gasteiger partial charge in [-0.25, -0.2) is 28.0 Å². The van der Waals surface area contributed by atoms with E-state index in [2.05, 4.69) is 125 Å². The van der Waals surface area contributed by atoms with Crippen molar-refractivity contribution in [1.29, 1.82) is 0 Å². The van der Waals surface area contributed by atoms with Gasteiger partial charge in [-0.2, -0.15) is 0 Å². The van der Waals surface area contributed by atoms with Crippen LogP contribution < -0.4 is 0 Å². The number of likely N-dealkylation sites (N-methyl/N-ethyl adjacent to an activating group) is 4. The summed E-state index contributed by atoms with van der Waals surface area (Å²) < 4.78 is 42.6. The topological polar surface area (TPSA) is 53.6 Å². The van der Waals surface area contributed by atoms with E-state index in [0.29, 0.717) is 0 Å². The highest BCUT2D eigenvalue weighted by Crippen LogP contribution is 2.70. The van der Waals surface area contributed by atoms with Crippen molar-refractivity contribution in [2.24, 2.45) is 0 Å². The summed E-state index contributed by atoms with van der Waals surface area (Å²) in [6.45, 7) is 1.48. The molecule has 0 spiro atoms. The predicted molar refractivity (Wildman–Crippen MR) is 207 cm³/mol. The van der Waals surface area contributed by atoms with Crippen molar-refractivity contribution in [3.8, 4) is 0 Å². The fourth-order valence-corrected chi connectivity index (χ4v) is 14.3. The molecule has 0 amide bonds. The van der Waals surface area contributed by atoms with Crippen LogP contribution >= 0.6 is 15.2 Å². The lowest BCUT2D eigenvalue weighted by Gasteiger charge is -2.35. The lowest BCUT2D eigenvalue weighted by atomic mass is 9.93. The number of unbranched alkanes of at least 4 members (excludes halogenated alkanes) is 3. The van der Waals surface area contributed by atoms with Gasteiger partial charge in [0.1, 0.15) is 0 Å². The maximum absolute atomic E-state index is 15.0. The second-order valence-electron chi connectivity index (χ2n) is 13.9. The van der Waals surface area contributed by atoms with Gasteiger partial charge >= 0.3 is 0 Å². The van der Waals surface area contributed by atoms with E-state index < -0.39 is 15.2 Å². The zero-order valence-electron chi connectivity index (χ0n) is 30.5. The zero-order chi connectivity index (χ0) is 35.5. The SMILES string of the molecule is CN(CCCCCCN(C)P1(=O)N(C)[C@@H](c2ccccc2)[C@H](c2ccccc2)N1C)P1(=O)N(C)[C@@H](c2ccccc2)[C@H](c2ccccc2)N1C. The second-order valence-corrected chi connectivity index (χ2v) is 19.9. The number of nitrogens with zero attached hydrogens (tertiary/aromatic N) is 6. The molecule has 10 heteroatoms. The van der Waals surface area contributed by atoms with E-state index in [4.69, 9.17) is 0 Å². The van der Waals surface area contributed by atoms with E-state index in [1.807, 2.05) is 66.6 Å². The van der Waals surface area contributed by atoms with Gasteiger partial charge in [-0.3, -0.25) is 9.13 Å². The van der Waals surface area contributed by atoms with Crippen LogP contribution in [0.1, 0.15) is 72.1 Å². The molecule has 0 unspecified atom stereocenters. The number of hydrogen-bond acceptors (Lipinski definition) is 2. The van der Waals surface area contributed by atoms with E-state index in [1.54, 1.807) is 0 Å². The third kappa shape index (κ3) is 6.74. The first kappa shape index (κ1) is 36.9. The molecular weight excluding hydrogens is 658 g/mol. The Kier molecular flexibility index (Phi) is 11.6. The summed E-state index contributed by atoms with van der Waals surface area (Å²) in [5, 5.41) is 0. The van der Waals surface area contributed by atoms with Gasteiger partial charge in [0, 0.05) is 13.1 Å². The van der Waals surface area contributed by atoms with Crippen LogP contribution in [0.5, 0.6) is 0 Å². The van der Waals surface area contributed by atoms with E-state index in [-0.39, 0.29) is 24.2 Å². The molecule has 4 aromatic rings. The minimum atomic E-state index is -3.01. The van der Waals surface area contributed by atoms with Crippen molar-refractivity contribution in [2.45, 2.75) is 49.9 Å². The first-order valence-corrected chi connectivity index (χ1v) is 21.0. The Hall–Kier alpha value is -2.90. The Labute approximate surface area is 300 Å². The molecule has 0 saturated carbocycles. The third-order valence-electron chi connectivity index (χ3n) is 11.0. The molecular formula is C40H54N6O2P2. The average Bonchev–Trinajstić information content (AvgIpc) is 3.49. The molecule has 266 valence electrons. The molecule has 0 radical (unpaired) electrons. The molecule has 0 N–H and O–H groups in total. The highest BCUT2D eigenvalue weighted by Gasteiger charge is 2.55. The second kappa shape index (κ2) is 15.8. The molecule has 4 atom stereocenters. The summed E-state index contributed by atoms with van der Waals surface area (Å²) in [4.78, 5) is 0. The molecule has 2 aliphatic rings. The van der Waals surface area contributed by atoms with E-state index in [9.17, 15) is 9.13 Å². The van der Waals surface area contributed by atoms with Gasteiger partial charge in [0.2, 0.25) is 0 Å². The van der Waals surface area contributed by atoms with Crippen molar-refractivity contribution < 1.29 is 9.13 Å². The van der Waals surface area contributed by atoms with Crippen LogP contribution in [0.3, 0.4) is 0 Å². The van der Waals surface area contributed by atoms with Gasteiger partial charge in [-0.15, -0.1) is 0 Å². The number of rotatable bonds is 13. The Morgan fingerprint density at radius 3 is 0.860 bits per heavy atom. The molecule has 2 fully saturated rings. The highest BCUT2D eigenvalue weighted by atomic mass is 31.2. The van der Waals surface area contributed by atoms with E-state index in [0.717, 1.165) is 38.8 Å². The average molecular weight is 713 g/mol. The van der Waals surface area contributed by atoms with Crippen LogP contribution in [0.2, 0.25) is 0 Å². The Bertz CT molecular complexity index is 1520. The van der Waals surface area contributed by atoms with Crippen molar-refractivity contribution >= 4 is 15.2 Å². The van der Waals surface area contributed by atoms with Gasteiger partial charge in [0.15, 0.2) is 0 Å². The highest BCUT2D eigenvalue weighted by molar-refractivity contribution is 7.57. The molecule has 6 rings (SSSR count). The van der Waals surface area contributed by atoms with Gasteiger partial charge in [0.25, 0.3) is 15.2 Å². The van der Waals surface area contributed by atoms with Crippen LogP contribution in [0.25, 0.3) is 0 Å². The maximum atomic E-state index is 15.0. The fraction of sp³-hybridized carbons (Fsp3) is 0.400. The molecule has 2 heterocycles. The minimum absolute atomic E-state index is 0.0232. The van der Waals surface area contributed by atoms with Crippen LogP contribution in [0.4, 0.5) is 0 Å². The van der Waals surface area contributed by atoms with Crippen molar-refractivity contribution in [3.63, 3.8) is 0 Å². The molecule has 2 aliphatic heterocycles. The summed E-state index contributed by atoms with van der Waals surface area (Å²) in [5.74, 6) is 0. The summed E-state index contributed by atoms with van der Waals surface area (Å²) >= 11 is 0. The van der Waals surface area contributed by atoms with Crippen molar-refractivity contribution in [2.75, 3.05) is 55.4 Å². The summed E-state index contributed by atoms with van der Waals surface area (Å²) in [5.41, 5.74) is 4.70. The minimum Gasteiger partial charge on any atom is -0.270 e. The van der Waals surface area contributed by atoms with Crippen molar-refractivity contribution in [1.82, 2.24) is 28.0 Å². The first-order chi connectivity index (χ1) is 24.1. The Morgan fingerprint density at radius 2 is 0.640 bits per heavy atom. The maximum Gasteiger partial charge on any atom is 0.287 e. The standard InChI is InChI=1S/C40H54N6O2P2/c1-41(49(47)43(3)37(33-23-13-9-14-24-33)38(44(49)4)34-25-15-10-16-26-34)31-21-7-8-22-32-42(2)50(48)45(5)39(35-27-17-11-18-28-35)40(46(50)6)36-29-19-12-20-30-36/h9-20,23-30,37-40H,7-8,21-22,31-32H2,1-6H3/t37-,38-,39-,40-/m0/s1. The first-order valence-electron chi connectivity index (χ1n) is 17.9.